The van der Waals surface area contributed by atoms with E-state index in [4.69, 9.17) is 0 Å². The van der Waals surface area contributed by atoms with Crippen molar-refractivity contribution >= 4 is 22.6 Å². The Morgan fingerprint density at radius 3 is 2.25 bits per heavy atom. The van der Waals surface area contributed by atoms with Crippen molar-refractivity contribution in [2.75, 3.05) is 0 Å². The molecule has 0 saturated carbocycles. The van der Waals surface area contributed by atoms with Crippen molar-refractivity contribution in [3.8, 4) is 0 Å². The molecule has 1 aromatic rings. The maximum absolute atomic E-state index is 12.5. The van der Waals surface area contributed by atoms with Crippen LogP contribution in [-0.2, 0) is 6.18 Å². The Bertz CT molecular complexity index is 296. The smallest absolute Gasteiger partial charge is 0.261 e. The van der Waals surface area contributed by atoms with Crippen molar-refractivity contribution in [3.63, 3.8) is 0 Å². The van der Waals surface area contributed by atoms with Gasteiger partial charge in [-0.05, 0) is 22.6 Å². The minimum Gasteiger partial charge on any atom is -0.261 e. The average Bonchev–Trinajstić information content (AvgIpc) is 1.92. The number of alkyl halides is 3. The molecule has 0 aliphatic heterocycles. The Hall–Kier alpha value is -0.400. The minimum absolute atomic E-state index is 0.449. The lowest BCUT2D eigenvalue weighted by atomic mass is 10.3. The van der Waals surface area contributed by atoms with Gasteiger partial charge in [0.1, 0.15) is 0 Å². The fraction of sp³-hybridized carbons (Fsp3) is 0.167. The third-order valence-electron chi connectivity index (χ3n) is 1.14. The molecule has 12 heavy (non-hydrogen) atoms. The summed E-state index contributed by atoms with van der Waals surface area (Å²) in [7, 11) is 0. The molecule has 0 amide bonds. The van der Waals surface area contributed by atoms with Gasteiger partial charge in [0.05, 0.1) is 15.3 Å². The van der Waals surface area contributed by atoms with Gasteiger partial charge in [-0.15, -0.1) is 0 Å². The fourth-order valence-corrected chi connectivity index (χ4v) is 1.20. The van der Waals surface area contributed by atoms with Crippen molar-refractivity contribution in [3.05, 3.63) is 27.3 Å². The molecular weight excluding hydrogens is 289 g/mol. The molecule has 0 aliphatic carbocycles. The van der Waals surface area contributed by atoms with Gasteiger partial charge < -0.3 is 0 Å². The van der Waals surface area contributed by atoms with Crippen LogP contribution in [0.3, 0.4) is 0 Å². The zero-order valence-electron chi connectivity index (χ0n) is 5.49. The number of nitrogens with zero attached hydrogens (tertiary/aromatic N) is 1. The summed E-state index contributed by atoms with van der Waals surface area (Å²) in [6.45, 7) is 0. The maximum atomic E-state index is 12.5. The molecule has 0 aromatic carbocycles. The average molecular weight is 291 g/mol. The van der Waals surface area contributed by atoms with Gasteiger partial charge in [-0.25, -0.2) is 4.39 Å². The summed E-state index contributed by atoms with van der Waals surface area (Å²) in [4.78, 5) is 3.11. The predicted molar refractivity (Wildman–Crippen MR) is 41.9 cm³/mol. The van der Waals surface area contributed by atoms with Crippen molar-refractivity contribution in [1.29, 1.82) is 0 Å². The molecule has 0 fully saturated rings. The fourth-order valence-electron chi connectivity index (χ4n) is 0.617. The SMILES string of the molecule is Fc1cncc(C(F)(F)F)c1I. The van der Waals surface area contributed by atoms with Crippen LogP contribution in [0.25, 0.3) is 0 Å². The van der Waals surface area contributed by atoms with Gasteiger partial charge in [0, 0.05) is 6.20 Å². The molecule has 1 nitrogen and oxygen atoms in total. The number of pyridine rings is 1. The van der Waals surface area contributed by atoms with Crippen LogP contribution in [-0.4, -0.2) is 4.98 Å². The Morgan fingerprint density at radius 1 is 1.25 bits per heavy atom. The minimum atomic E-state index is -4.54. The summed E-state index contributed by atoms with van der Waals surface area (Å²) in [6.07, 6.45) is -3.19. The molecule has 0 radical (unpaired) electrons. The summed E-state index contributed by atoms with van der Waals surface area (Å²) >= 11 is 1.30. The van der Waals surface area contributed by atoms with E-state index in [1.807, 2.05) is 0 Å². The first-order valence-electron chi connectivity index (χ1n) is 2.79. The van der Waals surface area contributed by atoms with E-state index in [9.17, 15) is 17.6 Å². The van der Waals surface area contributed by atoms with Crippen molar-refractivity contribution in [2.24, 2.45) is 0 Å². The van der Waals surface area contributed by atoms with Crippen LogP contribution in [0, 0.1) is 9.39 Å². The van der Waals surface area contributed by atoms with E-state index >= 15 is 0 Å². The van der Waals surface area contributed by atoms with E-state index < -0.39 is 21.1 Å². The van der Waals surface area contributed by atoms with Crippen LogP contribution in [0.2, 0.25) is 0 Å². The Balaban J connectivity index is 3.26. The first-order valence-corrected chi connectivity index (χ1v) is 3.87. The molecular formula is C6H2F4IN. The second-order valence-electron chi connectivity index (χ2n) is 1.98. The van der Waals surface area contributed by atoms with Crippen LogP contribution in [0.15, 0.2) is 12.4 Å². The van der Waals surface area contributed by atoms with Gasteiger partial charge >= 0.3 is 6.18 Å². The molecule has 1 aromatic heterocycles. The Morgan fingerprint density at radius 2 is 1.83 bits per heavy atom. The highest BCUT2D eigenvalue weighted by molar-refractivity contribution is 14.1. The molecule has 1 heterocycles. The third kappa shape index (κ3) is 1.85. The molecule has 6 heteroatoms. The van der Waals surface area contributed by atoms with Crippen molar-refractivity contribution in [2.45, 2.75) is 6.18 Å². The highest BCUT2D eigenvalue weighted by Crippen LogP contribution is 2.32. The van der Waals surface area contributed by atoms with Gasteiger partial charge in [-0.3, -0.25) is 4.98 Å². The summed E-state index contributed by atoms with van der Waals surface area (Å²) in [6, 6.07) is 0. The molecule has 0 N–H and O–H groups in total. The molecule has 0 bridgehead atoms. The number of rotatable bonds is 0. The van der Waals surface area contributed by atoms with Crippen LogP contribution in [0.1, 0.15) is 5.56 Å². The summed E-state index contributed by atoms with van der Waals surface area (Å²) in [5.41, 5.74) is -1.04. The van der Waals surface area contributed by atoms with Gasteiger partial charge in [0.2, 0.25) is 0 Å². The van der Waals surface area contributed by atoms with E-state index in [0.29, 0.717) is 6.20 Å². The van der Waals surface area contributed by atoms with E-state index in [2.05, 4.69) is 4.98 Å². The third-order valence-corrected chi connectivity index (χ3v) is 2.24. The van der Waals surface area contributed by atoms with Crippen LogP contribution < -0.4 is 0 Å². The van der Waals surface area contributed by atoms with E-state index in [-0.39, 0.29) is 0 Å². The second-order valence-corrected chi connectivity index (χ2v) is 3.06. The standard InChI is InChI=1S/C6H2F4IN/c7-4-2-12-1-3(5(4)11)6(8,9)10/h1-2H. The van der Waals surface area contributed by atoms with Crippen molar-refractivity contribution < 1.29 is 17.6 Å². The summed E-state index contributed by atoms with van der Waals surface area (Å²) < 4.78 is 48.1. The topological polar surface area (TPSA) is 12.9 Å². The van der Waals surface area contributed by atoms with Gasteiger partial charge in [0.25, 0.3) is 0 Å². The lowest BCUT2D eigenvalue weighted by Gasteiger charge is -2.07. The lowest BCUT2D eigenvalue weighted by Crippen LogP contribution is -2.09. The predicted octanol–water partition coefficient (Wildman–Crippen LogP) is 2.84. The van der Waals surface area contributed by atoms with Gasteiger partial charge in [0.15, 0.2) is 5.82 Å². The van der Waals surface area contributed by atoms with Crippen LogP contribution in [0.5, 0.6) is 0 Å². The lowest BCUT2D eigenvalue weighted by molar-refractivity contribution is -0.138. The zero-order chi connectivity index (χ0) is 9.35. The summed E-state index contributed by atoms with van der Waals surface area (Å²) in [5, 5.41) is 0. The first kappa shape index (κ1) is 9.69. The molecule has 66 valence electrons. The number of aromatic nitrogens is 1. The van der Waals surface area contributed by atoms with Crippen molar-refractivity contribution in [1.82, 2.24) is 4.98 Å². The molecule has 0 saturated heterocycles. The quantitative estimate of drug-likeness (QED) is 0.529. The second kappa shape index (κ2) is 3.15. The zero-order valence-corrected chi connectivity index (χ0v) is 7.65. The Labute approximate surface area is 78.9 Å². The highest BCUT2D eigenvalue weighted by atomic mass is 127. The van der Waals surface area contributed by atoms with Gasteiger partial charge in [-0.1, -0.05) is 0 Å². The molecule has 0 spiro atoms. The monoisotopic (exact) mass is 291 g/mol. The summed E-state index contributed by atoms with van der Waals surface area (Å²) in [5.74, 6) is -0.953. The number of hydrogen-bond donors (Lipinski definition) is 0. The van der Waals surface area contributed by atoms with E-state index in [0.717, 1.165) is 6.20 Å². The number of hydrogen-bond acceptors (Lipinski definition) is 1. The Kier molecular flexibility index (Phi) is 2.55. The maximum Gasteiger partial charge on any atom is 0.419 e. The molecule has 0 aliphatic rings. The molecule has 1 rings (SSSR count). The largest absolute Gasteiger partial charge is 0.419 e. The normalized spacial score (nSPS) is 11.8. The van der Waals surface area contributed by atoms with Gasteiger partial charge in [-0.2, -0.15) is 13.2 Å². The highest BCUT2D eigenvalue weighted by Gasteiger charge is 2.34. The van der Waals surface area contributed by atoms with E-state index in [1.165, 1.54) is 22.6 Å². The first-order chi connectivity index (χ1) is 5.43. The van der Waals surface area contributed by atoms with Crippen LogP contribution >= 0.6 is 22.6 Å². The van der Waals surface area contributed by atoms with E-state index in [1.54, 1.807) is 0 Å². The van der Waals surface area contributed by atoms with Crippen LogP contribution in [0.4, 0.5) is 17.6 Å². The molecule has 0 atom stereocenters. The number of halogens is 5. The molecule has 0 unspecified atom stereocenters.